The van der Waals surface area contributed by atoms with E-state index in [0.717, 1.165) is 11.3 Å². The van der Waals surface area contributed by atoms with Gasteiger partial charge in [-0.25, -0.2) is 0 Å². The fourth-order valence-electron chi connectivity index (χ4n) is 3.22. The molecule has 0 fully saturated rings. The molecule has 4 aromatic carbocycles. The fraction of sp³-hybridized carbons (Fsp3) is 0.0909. The molecular formula is C22H18O2. The molecule has 0 aliphatic heterocycles. The Kier molecular flexibility index (Phi) is 3.89. The second-order valence-electron chi connectivity index (χ2n) is 5.74. The molecule has 2 heteroatoms. The average Bonchev–Trinajstić information content (AvgIpc) is 2.65. The van der Waals surface area contributed by atoms with Gasteiger partial charge >= 0.3 is 0 Å². The summed E-state index contributed by atoms with van der Waals surface area (Å²) in [6.07, 6.45) is 0. The van der Waals surface area contributed by atoms with Crippen LogP contribution in [0.25, 0.3) is 32.7 Å². The predicted molar refractivity (Wildman–Crippen MR) is 99.4 cm³/mol. The van der Waals surface area contributed by atoms with Crippen LogP contribution in [0.5, 0.6) is 5.75 Å². The molecule has 0 amide bonds. The number of rotatable bonds is 4. The summed E-state index contributed by atoms with van der Waals surface area (Å²) >= 11 is 0. The van der Waals surface area contributed by atoms with Crippen LogP contribution in [0.4, 0.5) is 0 Å². The van der Waals surface area contributed by atoms with E-state index in [1.807, 2.05) is 6.07 Å². The summed E-state index contributed by atoms with van der Waals surface area (Å²) in [4.78, 5) is 0. The fourth-order valence-corrected chi connectivity index (χ4v) is 3.22. The van der Waals surface area contributed by atoms with Crippen molar-refractivity contribution >= 4 is 21.5 Å². The second-order valence-corrected chi connectivity index (χ2v) is 5.74. The molecule has 0 aromatic heterocycles. The highest BCUT2D eigenvalue weighted by molar-refractivity contribution is 6.07. The van der Waals surface area contributed by atoms with Crippen LogP contribution >= 0.6 is 0 Å². The van der Waals surface area contributed by atoms with Gasteiger partial charge in [0.25, 0.3) is 0 Å². The van der Waals surface area contributed by atoms with Crippen LogP contribution < -0.4 is 4.74 Å². The number of hydrogen-bond donors (Lipinski definition) is 0. The highest BCUT2D eigenvalue weighted by Gasteiger charge is 2.13. The Morgan fingerprint density at radius 2 is 1.33 bits per heavy atom. The van der Waals surface area contributed by atoms with Crippen molar-refractivity contribution in [3.63, 3.8) is 0 Å². The van der Waals surface area contributed by atoms with Crippen LogP contribution in [0, 0.1) is 0 Å². The minimum absolute atomic E-state index is 0.232. The normalized spacial score (nSPS) is 11.0. The molecule has 2 nitrogen and oxygen atoms in total. The van der Waals surface area contributed by atoms with Gasteiger partial charge < -0.3 is 9.47 Å². The zero-order valence-electron chi connectivity index (χ0n) is 13.5. The third-order valence-electron chi connectivity index (χ3n) is 4.28. The molecule has 0 aliphatic carbocycles. The van der Waals surface area contributed by atoms with Crippen molar-refractivity contribution in [2.24, 2.45) is 0 Å². The maximum Gasteiger partial charge on any atom is 0.188 e. The SMILES string of the molecule is COCOc1ccc2ccccc2c1-c1cccc2ccccc12. The third kappa shape index (κ3) is 2.51. The lowest BCUT2D eigenvalue weighted by Crippen LogP contribution is -2.00. The van der Waals surface area contributed by atoms with Crippen molar-refractivity contribution in [1.82, 2.24) is 0 Å². The molecule has 0 radical (unpaired) electrons. The van der Waals surface area contributed by atoms with Gasteiger partial charge in [0, 0.05) is 12.7 Å². The van der Waals surface area contributed by atoms with Gasteiger partial charge in [-0.05, 0) is 33.2 Å². The second kappa shape index (κ2) is 6.34. The molecule has 0 aliphatic rings. The monoisotopic (exact) mass is 314 g/mol. The maximum atomic E-state index is 5.88. The molecule has 0 atom stereocenters. The summed E-state index contributed by atoms with van der Waals surface area (Å²) in [5.41, 5.74) is 2.29. The van der Waals surface area contributed by atoms with Gasteiger partial charge in [0.05, 0.1) is 0 Å². The van der Waals surface area contributed by atoms with Crippen molar-refractivity contribution in [2.45, 2.75) is 0 Å². The highest BCUT2D eigenvalue weighted by atomic mass is 16.7. The predicted octanol–water partition coefficient (Wildman–Crippen LogP) is 5.64. The number of ether oxygens (including phenoxy) is 2. The lowest BCUT2D eigenvalue weighted by molar-refractivity contribution is 0.0516. The number of methoxy groups -OCH3 is 1. The molecule has 4 rings (SSSR count). The quantitative estimate of drug-likeness (QED) is 0.454. The van der Waals surface area contributed by atoms with E-state index in [2.05, 4.69) is 72.8 Å². The molecule has 0 bridgehead atoms. The molecular weight excluding hydrogens is 296 g/mol. The van der Waals surface area contributed by atoms with E-state index < -0.39 is 0 Å². The summed E-state index contributed by atoms with van der Waals surface area (Å²) < 4.78 is 11.0. The maximum absolute atomic E-state index is 5.88. The van der Waals surface area contributed by atoms with Crippen molar-refractivity contribution < 1.29 is 9.47 Å². The molecule has 0 heterocycles. The zero-order valence-corrected chi connectivity index (χ0v) is 13.5. The first-order valence-corrected chi connectivity index (χ1v) is 8.00. The third-order valence-corrected chi connectivity index (χ3v) is 4.28. The first-order valence-electron chi connectivity index (χ1n) is 8.00. The highest BCUT2D eigenvalue weighted by Crippen LogP contribution is 2.40. The van der Waals surface area contributed by atoms with Gasteiger partial charge in [0.1, 0.15) is 5.75 Å². The largest absolute Gasteiger partial charge is 0.467 e. The van der Waals surface area contributed by atoms with E-state index in [-0.39, 0.29) is 6.79 Å². The van der Waals surface area contributed by atoms with Crippen molar-refractivity contribution in [3.05, 3.63) is 78.9 Å². The van der Waals surface area contributed by atoms with Crippen molar-refractivity contribution in [2.75, 3.05) is 13.9 Å². The Morgan fingerprint density at radius 1 is 0.667 bits per heavy atom. The van der Waals surface area contributed by atoms with Crippen LogP contribution in [0.1, 0.15) is 0 Å². The molecule has 0 unspecified atom stereocenters. The first kappa shape index (κ1) is 14.7. The van der Waals surface area contributed by atoms with Crippen molar-refractivity contribution in [3.8, 4) is 16.9 Å². The molecule has 118 valence electrons. The molecule has 0 saturated carbocycles. The minimum atomic E-state index is 0.232. The molecule has 0 N–H and O–H groups in total. The van der Waals surface area contributed by atoms with Crippen LogP contribution in [-0.2, 0) is 4.74 Å². The minimum Gasteiger partial charge on any atom is -0.467 e. The summed E-state index contributed by atoms with van der Waals surface area (Å²) in [6.45, 7) is 0.232. The summed E-state index contributed by atoms with van der Waals surface area (Å²) in [6, 6.07) is 27.4. The number of benzene rings is 4. The molecule has 0 saturated heterocycles. The Morgan fingerprint density at radius 3 is 2.12 bits per heavy atom. The van der Waals surface area contributed by atoms with E-state index in [1.54, 1.807) is 7.11 Å². The average molecular weight is 314 g/mol. The number of fused-ring (bicyclic) bond motifs is 2. The lowest BCUT2D eigenvalue weighted by Gasteiger charge is -2.16. The van der Waals surface area contributed by atoms with E-state index >= 15 is 0 Å². The first-order chi connectivity index (χ1) is 11.9. The van der Waals surface area contributed by atoms with Crippen molar-refractivity contribution in [1.29, 1.82) is 0 Å². The zero-order chi connectivity index (χ0) is 16.4. The van der Waals surface area contributed by atoms with Crippen LogP contribution in [-0.4, -0.2) is 13.9 Å². The Bertz CT molecular complexity index is 1000. The Hall–Kier alpha value is -2.84. The molecule has 4 aromatic rings. The van der Waals surface area contributed by atoms with Gasteiger partial charge in [-0.2, -0.15) is 0 Å². The van der Waals surface area contributed by atoms with Gasteiger partial charge in [0.15, 0.2) is 6.79 Å². The van der Waals surface area contributed by atoms with Crippen LogP contribution in [0.3, 0.4) is 0 Å². The van der Waals surface area contributed by atoms with Gasteiger partial charge in [0.2, 0.25) is 0 Å². The molecule has 0 spiro atoms. The Labute approximate surface area is 141 Å². The van der Waals surface area contributed by atoms with Crippen LogP contribution in [0.2, 0.25) is 0 Å². The lowest BCUT2D eigenvalue weighted by atomic mass is 9.93. The van der Waals surface area contributed by atoms with E-state index in [0.29, 0.717) is 0 Å². The van der Waals surface area contributed by atoms with Crippen LogP contribution in [0.15, 0.2) is 78.9 Å². The van der Waals surface area contributed by atoms with Gasteiger partial charge in [-0.1, -0.05) is 72.8 Å². The Balaban J connectivity index is 2.06. The standard InChI is InChI=1S/C22H18O2/c1-23-15-24-21-14-13-17-8-3-5-11-19(17)22(21)20-12-6-9-16-7-2-4-10-18(16)20/h2-14H,15H2,1H3. The van der Waals surface area contributed by atoms with Gasteiger partial charge in [-0.15, -0.1) is 0 Å². The molecule has 24 heavy (non-hydrogen) atoms. The van der Waals surface area contributed by atoms with E-state index in [1.165, 1.54) is 27.1 Å². The smallest absolute Gasteiger partial charge is 0.188 e. The summed E-state index contributed by atoms with van der Waals surface area (Å²) in [5, 5.41) is 4.83. The van der Waals surface area contributed by atoms with E-state index in [9.17, 15) is 0 Å². The van der Waals surface area contributed by atoms with E-state index in [4.69, 9.17) is 9.47 Å². The van der Waals surface area contributed by atoms with Gasteiger partial charge in [-0.3, -0.25) is 0 Å². The number of hydrogen-bond acceptors (Lipinski definition) is 2. The summed E-state index contributed by atoms with van der Waals surface area (Å²) in [7, 11) is 1.64. The summed E-state index contributed by atoms with van der Waals surface area (Å²) in [5.74, 6) is 0.840. The topological polar surface area (TPSA) is 18.5 Å².